The summed E-state index contributed by atoms with van der Waals surface area (Å²) in [5.41, 5.74) is 10.8. The summed E-state index contributed by atoms with van der Waals surface area (Å²) in [6.07, 6.45) is 0. The number of nitrogens with two attached hydrogens (primary N) is 1. The molecule has 1 aromatic heterocycles. The maximum atomic E-state index is 12.4. The molecule has 18 heavy (non-hydrogen) atoms. The van der Waals surface area contributed by atoms with Crippen molar-refractivity contribution >= 4 is 27.4 Å². The molecule has 0 spiro atoms. The van der Waals surface area contributed by atoms with Crippen molar-refractivity contribution in [3.63, 3.8) is 0 Å². The lowest BCUT2D eigenvalue weighted by molar-refractivity contribution is 0.103. The Morgan fingerprint density at radius 3 is 2.39 bits per heavy atom. The highest BCUT2D eigenvalue weighted by atomic mass is 79.9. The van der Waals surface area contributed by atoms with Crippen LogP contribution in [-0.2, 0) is 0 Å². The van der Waals surface area contributed by atoms with Gasteiger partial charge in [-0.2, -0.15) is 0 Å². The zero-order valence-electron chi connectivity index (χ0n) is 10.6. The van der Waals surface area contributed by atoms with E-state index in [9.17, 15) is 4.79 Å². The van der Waals surface area contributed by atoms with Gasteiger partial charge in [0.2, 0.25) is 5.78 Å². The van der Waals surface area contributed by atoms with Crippen LogP contribution in [0.2, 0.25) is 0 Å². The Labute approximate surface area is 115 Å². The molecule has 1 heterocycles. The molecular formula is C14H15BrN2O. The average Bonchev–Trinajstić information content (AvgIpc) is 2.60. The van der Waals surface area contributed by atoms with Crippen molar-refractivity contribution in [2.45, 2.75) is 20.8 Å². The molecule has 0 bridgehead atoms. The Hall–Kier alpha value is -1.55. The lowest BCUT2D eigenvalue weighted by Gasteiger charge is -2.03. The molecule has 3 nitrogen and oxygen atoms in total. The highest BCUT2D eigenvalue weighted by molar-refractivity contribution is 9.10. The fourth-order valence-corrected chi connectivity index (χ4v) is 2.15. The summed E-state index contributed by atoms with van der Waals surface area (Å²) in [5.74, 6) is -0.0251. The predicted octanol–water partition coefficient (Wildman–Crippen LogP) is 3.52. The van der Waals surface area contributed by atoms with Gasteiger partial charge in [-0.1, -0.05) is 0 Å². The van der Waals surface area contributed by atoms with Crippen molar-refractivity contribution < 1.29 is 4.79 Å². The molecule has 0 aliphatic carbocycles. The van der Waals surface area contributed by atoms with Gasteiger partial charge in [0.25, 0.3) is 0 Å². The van der Waals surface area contributed by atoms with Gasteiger partial charge in [-0.15, -0.1) is 0 Å². The first-order chi connectivity index (χ1) is 8.41. The van der Waals surface area contributed by atoms with Crippen LogP contribution < -0.4 is 5.73 Å². The van der Waals surface area contributed by atoms with Gasteiger partial charge in [-0.05, 0) is 66.0 Å². The topological polar surface area (TPSA) is 58.9 Å². The van der Waals surface area contributed by atoms with E-state index in [-0.39, 0.29) is 5.78 Å². The number of carbonyl (C=O) groups is 1. The number of anilines is 1. The first-order valence-electron chi connectivity index (χ1n) is 5.67. The second-order valence-corrected chi connectivity index (χ2v) is 5.29. The molecular weight excluding hydrogens is 292 g/mol. The van der Waals surface area contributed by atoms with Gasteiger partial charge in [0, 0.05) is 21.4 Å². The van der Waals surface area contributed by atoms with E-state index in [1.807, 2.05) is 20.8 Å². The summed E-state index contributed by atoms with van der Waals surface area (Å²) in [6, 6.07) is 5.26. The monoisotopic (exact) mass is 306 g/mol. The summed E-state index contributed by atoms with van der Waals surface area (Å²) in [5, 5.41) is 0. The summed E-state index contributed by atoms with van der Waals surface area (Å²) < 4.78 is 0.801. The van der Waals surface area contributed by atoms with E-state index in [0.29, 0.717) is 16.9 Å². The molecule has 4 heteroatoms. The normalized spacial score (nSPS) is 10.7. The highest BCUT2D eigenvalue weighted by Gasteiger charge is 2.17. The van der Waals surface area contributed by atoms with Crippen LogP contribution in [0.15, 0.2) is 22.7 Å². The molecule has 0 radical (unpaired) electrons. The summed E-state index contributed by atoms with van der Waals surface area (Å²) in [6.45, 7) is 5.93. The molecule has 94 valence electrons. The number of aryl methyl sites for hydroxylation is 1. The molecule has 0 unspecified atom stereocenters. The van der Waals surface area contributed by atoms with Crippen molar-refractivity contribution in [1.82, 2.24) is 4.98 Å². The smallest absolute Gasteiger partial charge is 0.209 e. The van der Waals surface area contributed by atoms with Gasteiger partial charge in [-0.3, -0.25) is 4.79 Å². The molecule has 3 N–H and O–H groups in total. The van der Waals surface area contributed by atoms with Crippen LogP contribution in [0.1, 0.15) is 32.9 Å². The van der Waals surface area contributed by atoms with E-state index >= 15 is 0 Å². The second kappa shape index (κ2) is 4.61. The third kappa shape index (κ3) is 2.08. The molecule has 0 amide bonds. The maximum absolute atomic E-state index is 12.4. The summed E-state index contributed by atoms with van der Waals surface area (Å²) in [7, 11) is 0. The van der Waals surface area contributed by atoms with Crippen LogP contribution >= 0.6 is 15.9 Å². The van der Waals surface area contributed by atoms with Crippen molar-refractivity contribution in [3.05, 3.63) is 50.8 Å². The standard InChI is InChI=1S/C14H15BrN2O/c1-7-8(2)13(17-9(7)3)14(18)10-4-5-11(15)12(16)6-10/h4-6,17H,16H2,1-3H3. The number of halogens is 1. The minimum absolute atomic E-state index is 0.0251. The SMILES string of the molecule is Cc1[nH]c(C(=O)c2ccc(Br)c(N)c2)c(C)c1C. The van der Waals surface area contributed by atoms with E-state index in [1.165, 1.54) is 0 Å². The van der Waals surface area contributed by atoms with E-state index < -0.39 is 0 Å². The van der Waals surface area contributed by atoms with Gasteiger partial charge in [0.15, 0.2) is 0 Å². The van der Waals surface area contributed by atoms with Gasteiger partial charge < -0.3 is 10.7 Å². The Balaban J connectivity index is 2.48. The van der Waals surface area contributed by atoms with E-state index in [0.717, 1.165) is 21.3 Å². The molecule has 0 saturated heterocycles. The predicted molar refractivity (Wildman–Crippen MR) is 77.0 cm³/mol. The fraction of sp³-hybridized carbons (Fsp3) is 0.214. The number of benzene rings is 1. The van der Waals surface area contributed by atoms with Crippen molar-refractivity contribution in [3.8, 4) is 0 Å². The van der Waals surface area contributed by atoms with Crippen molar-refractivity contribution in [2.75, 3.05) is 5.73 Å². The third-order valence-corrected chi connectivity index (χ3v) is 4.02. The van der Waals surface area contributed by atoms with Crippen LogP contribution in [0.25, 0.3) is 0 Å². The van der Waals surface area contributed by atoms with Gasteiger partial charge in [0.05, 0.1) is 5.69 Å². The minimum atomic E-state index is -0.0251. The number of nitrogens with one attached hydrogen (secondary N) is 1. The van der Waals surface area contributed by atoms with Crippen molar-refractivity contribution in [2.24, 2.45) is 0 Å². The lowest BCUT2D eigenvalue weighted by Crippen LogP contribution is -2.04. The number of hydrogen-bond donors (Lipinski definition) is 2. The number of hydrogen-bond acceptors (Lipinski definition) is 2. The maximum Gasteiger partial charge on any atom is 0.209 e. The molecule has 2 rings (SSSR count). The number of aromatic amines is 1. The molecule has 1 aromatic carbocycles. The number of rotatable bonds is 2. The lowest BCUT2D eigenvalue weighted by atomic mass is 10.0. The first kappa shape index (κ1) is 12.9. The molecule has 2 aromatic rings. The molecule has 0 saturated carbocycles. The summed E-state index contributed by atoms with van der Waals surface area (Å²) >= 11 is 3.32. The van der Waals surface area contributed by atoms with E-state index in [1.54, 1.807) is 18.2 Å². The number of H-pyrrole nitrogens is 1. The fourth-order valence-electron chi connectivity index (χ4n) is 1.90. The Morgan fingerprint density at radius 1 is 1.22 bits per heavy atom. The molecule has 0 atom stereocenters. The number of carbonyl (C=O) groups excluding carboxylic acids is 1. The zero-order valence-corrected chi connectivity index (χ0v) is 12.2. The van der Waals surface area contributed by atoms with Gasteiger partial charge in [0.1, 0.15) is 0 Å². The largest absolute Gasteiger partial charge is 0.398 e. The second-order valence-electron chi connectivity index (χ2n) is 4.44. The van der Waals surface area contributed by atoms with Crippen molar-refractivity contribution in [1.29, 1.82) is 0 Å². The Morgan fingerprint density at radius 2 is 1.89 bits per heavy atom. The van der Waals surface area contributed by atoms with E-state index in [4.69, 9.17) is 5.73 Å². The Kier molecular flexibility index (Phi) is 3.30. The molecule has 0 aliphatic heterocycles. The van der Waals surface area contributed by atoms with Gasteiger partial charge in [-0.25, -0.2) is 0 Å². The van der Waals surface area contributed by atoms with Crippen LogP contribution in [0.3, 0.4) is 0 Å². The quantitative estimate of drug-likeness (QED) is 0.659. The van der Waals surface area contributed by atoms with Crippen LogP contribution in [0, 0.1) is 20.8 Å². The van der Waals surface area contributed by atoms with Crippen LogP contribution in [-0.4, -0.2) is 10.8 Å². The average molecular weight is 307 g/mol. The number of nitrogen functional groups attached to an aromatic ring is 1. The van der Waals surface area contributed by atoms with Gasteiger partial charge >= 0.3 is 0 Å². The van der Waals surface area contributed by atoms with E-state index in [2.05, 4.69) is 20.9 Å². The summed E-state index contributed by atoms with van der Waals surface area (Å²) in [4.78, 5) is 15.5. The number of ketones is 1. The van der Waals surface area contributed by atoms with Crippen LogP contribution in [0.5, 0.6) is 0 Å². The highest BCUT2D eigenvalue weighted by Crippen LogP contribution is 2.24. The zero-order chi connectivity index (χ0) is 13.4. The third-order valence-electron chi connectivity index (χ3n) is 3.30. The number of aromatic nitrogens is 1. The molecule has 0 aliphatic rings. The molecule has 0 fully saturated rings. The Bertz CT molecular complexity index is 629. The van der Waals surface area contributed by atoms with Crippen LogP contribution in [0.4, 0.5) is 5.69 Å². The first-order valence-corrected chi connectivity index (χ1v) is 6.46. The minimum Gasteiger partial charge on any atom is -0.398 e.